The fraction of sp³-hybridized carbons (Fsp3) is 0.643. The van der Waals surface area contributed by atoms with E-state index in [1.54, 1.807) is 0 Å². The lowest BCUT2D eigenvalue weighted by Crippen LogP contribution is -2.37. The Kier molecular flexibility index (Phi) is 5.01. The molecule has 3 N–H and O–H groups in total. The molecule has 0 amide bonds. The molecule has 1 aliphatic rings. The summed E-state index contributed by atoms with van der Waals surface area (Å²) in [7, 11) is 0. The molecule has 1 aliphatic carbocycles. The summed E-state index contributed by atoms with van der Waals surface area (Å²) in [6.07, 6.45) is 6.66. The number of nitrogens with zero attached hydrogens (tertiary/aromatic N) is 1. The number of pyridine rings is 1. The van der Waals surface area contributed by atoms with Crippen LogP contribution in [0, 0.1) is 12.8 Å². The number of aryl methyl sites for hydroxylation is 1. The minimum absolute atomic E-state index is 0.360. The van der Waals surface area contributed by atoms with E-state index in [9.17, 15) is 0 Å². The first kappa shape index (κ1) is 13.8. The Morgan fingerprint density at radius 1 is 1.39 bits per heavy atom. The average Bonchev–Trinajstić information content (AvgIpc) is 2.41. The van der Waals surface area contributed by atoms with Crippen LogP contribution in [0.5, 0.6) is 0 Å². The number of anilines is 1. The highest BCUT2D eigenvalue weighted by molar-refractivity contribution is 9.10. The molecule has 0 aliphatic heterocycles. The van der Waals surface area contributed by atoms with Gasteiger partial charge in [-0.05, 0) is 53.7 Å². The third-order valence-corrected chi connectivity index (χ3v) is 4.67. The topological polar surface area (TPSA) is 50.9 Å². The van der Waals surface area contributed by atoms with Crippen molar-refractivity contribution < 1.29 is 0 Å². The van der Waals surface area contributed by atoms with E-state index < -0.39 is 0 Å². The van der Waals surface area contributed by atoms with E-state index in [0.717, 1.165) is 16.0 Å². The third kappa shape index (κ3) is 3.45. The predicted octanol–water partition coefficient (Wildman–Crippen LogP) is 3.47. The molecule has 1 saturated carbocycles. The van der Waals surface area contributed by atoms with Crippen LogP contribution in [0.1, 0.15) is 37.8 Å². The molecule has 0 radical (unpaired) electrons. The largest absolute Gasteiger partial charge is 0.366 e. The second-order valence-corrected chi connectivity index (χ2v) is 6.00. The van der Waals surface area contributed by atoms with Crippen molar-refractivity contribution in [1.82, 2.24) is 4.98 Å². The summed E-state index contributed by atoms with van der Waals surface area (Å²) in [5, 5.41) is 3.51. The summed E-state index contributed by atoms with van der Waals surface area (Å²) in [6.45, 7) is 2.69. The van der Waals surface area contributed by atoms with Crippen LogP contribution in [0.3, 0.4) is 0 Å². The molecule has 1 atom stereocenters. The van der Waals surface area contributed by atoms with Gasteiger partial charge in [-0.15, -0.1) is 0 Å². The van der Waals surface area contributed by atoms with Crippen molar-refractivity contribution >= 4 is 21.7 Å². The molecule has 1 aromatic rings. The Morgan fingerprint density at radius 3 is 2.72 bits per heavy atom. The molecule has 1 fully saturated rings. The first-order valence-corrected chi connectivity index (χ1v) is 7.59. The zero-order valence-electron chi connectivity index (χ0n) is 11.0. The smallest absolute Gasteiger partial charge is 0.126 e. The molecule has 18 heavy (non-hydrogen) atoms. The van der Waals surface area contributed by atoms with Gasteiger partial charge in [0.1, 0.15) is 5.82 Å². The lowest BCUT2D eigenvalue weighted by Gasteiger charge is -2.30. The minimum Gasteiger partial charge on any atom is -0.366 e. The van der Waals surface area contributed by atoms with Crippen LogP contribution in [-0.2, 0) is 0 Å². The molecule has 0 aromatic carbocycles. The summed E-state index contributed by atoms with van der Waals surface area (Å²) in [5.74, 6) is 1.64. The Morgan fingerprint density at radius 2 is 2.11 bits per heavy atom. The lowest BCUT2D eigenvalue weighted by atomic mass is 9.84. The van der Waals surface area contributed by atoms with E-state index in [-0.39, 0.29) is 0 Å². The monoisotopic (exact) mass is 311 g/mol. The summed E-state index contributed by atoms with van der Waals surface area (Å²) in [4.78, 5) is 4.54. The zero-order valence-corrected chi connectivity index (χ0v) is 12.5. The molecule has 0 saturated heterocycles. The summed E-state index contributed by atoms with van der Waals surface area (Å²) in [5.41, 5.74) is 6.93. The minimum atomic E-state index is 0.360. The van der Waals surface area contributed by atoms with E-state index in [2.05, 4.69) is 26.2 Å². The van der Waals surface area contributed by atoms with Gasteiger partial charge in [-0.1, -0.05) is 19.3 Å². The van der Waals surface area contributed by atoms with Crippen LogP contribution in [0.2, 0.25) is 0 Å². The number of halogens is 1. The molecule has 3 nitrogen and oxygen atoms in total. The molecule has 4 heteroatoms. The van der Waals surface area contributed by atoms with Crippen LogP contribution in [0.4, 0.5) is 5.82 Å². The molecule has 1 aromatic heterocycles. The van der Waals surface area contributed by atoms with Crippen molar-refractivity contribution in [3.8, 4) is 0 Å². The molecule has 1 unspecified atom stereocenters. The van der Waals surface area contributed by atoms with Crippen molar-refractivity contribution in [3.63, 3.8) is 0 Å². The van der Waals surface area contributed by atoms with Gasteiger partial charge >= 0.3 is 0 Å². The molecule has 1 heterocycles. The Hall–Kier alpha value is -0.610. The van der Waals surface area contributed by atoms with E-state index >= 15 is 0 Å². The summed E-state index contributed by atoms with van der Waals surface area (Å²) in [6, 6.07) is 4.42. The summed E-state index contributed by atoms with van der Waals surface area (Å²) >= 11 is 3.47. The maximum Gasteiger partial charge on any atom is 0.126 e. The molecular formula is C14H22BrN3. The summed E-state index contributed by atoms with van der Waals surface area (Å²) < 4.78 is 1.05. The van der Waals surface area contributed by atoms with E-state index in [1.165, 1.54) is 32.1 Å². The lowest BCUT2D eigenvalue weighted by molar-refractivity contribution is 0.320. The van der Waals surface area contributed by atoms with Crippen LogP contribution < -0.4 is 11.1 Å². The first-order chi connectivity index (χ1) is 8.70. The Bertz CT molecular complexity index is 389. The zero-order chi connectivity index (χ0) is 13.0. The molecule has 2 rings (SSSR count). The van der Waals surface area contributed by atoms with Gasteiger partial charge in [0.05, 0.1) is 5.69 Å². The van der Waals surface area contributed by atoms with E-state index in [1.807, 2.05) is 19.1 Å². The van der Waals surface area contributed by atoms with Crippen molar-refractivity contribution in [3.05, 3.63) is 22.3 Å². The number of hydrogen-bond acceptors (Lipinski definition) is 3. The van der Waals surface area contributed by atoms with Gasteiger partial charge in [0.15, 0.2) is 0 Å². The quantitative estimate of drug-likeness (QED) is 0.895. The highest BCUT2D eigenvalue weighted by atomic mass is 79.9. The molecular weight excluding hydrogens is 290 g/mol. The van der Waals surface area contributed by atoms with Gasteiger partial charge < -0.3 is 11.1 Å². The number of aromatic nitrogens is 1. The SMILES string of the molecule is Cc1nc(NC(CN)C2CCCCC2)ccc1Br. The molecule has 100 valence electrons. The normalized spacial score (nSPS) is 18.6. The third-order valence-electron chi connectivity index (χ3n) is 3.83. The Balaban J connectivity index is 2.02. The second-order valence-electron chi connectivity index (χ2n) is 5.15. The van der Waals surface area contributed by atoms with Crippen molar-refractivity contribution in [2.45, 2.75) is 45.1 Å². The van der Waals surface area contributed by atoms with Crippen LogP contribution in [0.15, 0.2) is 16.6 Å². The highest BCUT2D eigenvalue weighted by Crippen LogP contribution is 2.28. The van der Waals surface area contributed by atoms with E-state index in [4.69, 9.17) is 5.73 Å². The van der Waals surface area contributed by atoms with E-state index in [0.29, 0.717) is 18.5 Å². The maximum absolute atomic E-state index is 5.92. The van der Waals surface area contributed by atoms with Crippen molar-refractivity contribution in [2.24, 2.45) is 11.7 Å². The van der Waals surface area contributed by atoms with Gasteiger partial charge in [0.25, 0.3) is 0 Å². The standard InChI is InChI=1S/C14H22BrN3/c1-10-12(15)7-8-14(17-10)18-13(9-16)11-5-3-2-4-6-11/h7-8,11,13H,2-6,9,16H2,1H3,(H,17,18). The van der Waals surface area contributed by atoms with Gasteiger partial charge in [0, 0.05) is 17.1 Å². The highest BCUT2D eigenvalue weighted by Gasteiger charge is 2.22. The fourth-order valence-electron chi connectivity index (χ4n) is 2.72. The van der Waals surface area contributed by atoms with Crippen LogP contribution >= 0.6 is 15.9 Å². The van der Waals surface area contributed by atoms with Crippen LogP contribution in [0.25, 0.3) is 0 Å². The van der Waals surface area contributed by atoms with Gasteiger partial charge in [-0.25, -0.2) is 4.98 Å². The number of rotatable bonds is 4. The predicted molar refractivity (Wildman–Crippen MR) is 79.7 cm³/mol. The second kappa shape index (κ2) is 6.53. The number of nitrogens with two attached hydrogens (primary N) is 1. The van der Waals surface area contributed by atoms with Gasteiger partial charge in [0.2, 0.25) is 0 Å². The maximum atomic E-state index is 5.92. The first-order valence-electron chi connectivity index (χ1n) is 6.80. The Labute approximate surface area is 118 Å². The number of hydrogen-bond donors (Lipinski definition) is 2. The van der Waals surface area contributed by atoms with Gasteiger partial charge in [-0.2, -0.15) is 0 Å². The average molecular weight is 312 g/mol. The number of nitrogens with one attached hydrogen (secondary N) is 1. The van der Waals surface area contributed by atoms with Crippen molar-refractivity contribution in [1.29, 1.82) is 0 Å². The van der Waals surface area contributed by atoms with Crippen molar-refractivity contribution in [2.75, 3.05) is 11.9 Å². The fourth-order valence-corrected chi connectivity index (χ4v) is 2.94. The molecule has 0 bridgehead atoms. The molecule has 0 spiro atoms. The van der Waals surface area contributed by atoms with Gasteiger partial charge in [-0.3, -0.25) is 0 Å². The van der Waals surface area contributed by atoms with Crippen LogP contribution in [-0.4, -0.2) is 17.6 Å².